The van der Waals surface area contributed by atoms with Gasteiger partial charge in [0.25, 0.3) is 0 Å². The first-order valence-electron chi connectivity index (χ1n) is 9.62. The van der Waals surface area contributed by atoms with Gasteiger partial charge in [-0.15, -0.1) is 37.1 Å². The lowest BCUT2D eigenvalue weighted by Gasteiger charge is -2.14. The van der Waals surface area contributed by atoms with Crippen LogP contribution in [0, 0.1) is 5.92 Å². The Morgan fingerprint density at radius 2 is 1.81 bits per heavy atom. The van der Waals surface area contributed by atoms with Crippen molar-refractivity contribution in [3.05, 3.63) is 54.1 Å². The summed E-state index contributed by atoms with van der Waals surface area (Å²) in [5, 5.41) is 5.54. The number of carbonyl (C=O) groups excluding carboxylic acids is 1. The highest BCUT2D eigenvalue weighted by Gasteiger charge is 2.32. The summed E-state index contributed by atoms with van der Waals surface area (Å²) < 4.78 is 41.5. The van der Waals surface area contributed by atoms with Crippen molar-refractivity contribution < 1.29 is 22.7 Å². The largest absolute Gasteiger partial charge is 0.573 e. The van der Waals surface area contributed by atoms with Gasteiger partial charge in [0, 0.05) is 11.6 Å². The molecule has 0 bridgehead atoms. The van der Waals surface area contributed by atoms with Crippen molar-refractivity contribution in [3.63, 3.8) is 0 Å². The van der Waals surface area contributed by atoms with Gasteiger partial charge >= 0.3 is 6.36 Å². The van der Waals surface area contributed by atoms with Crippen LogP contribution < -0.4 is 21.1 Å². The molecule has 0 aliphatic heterocycles. The molecule has 1 saturated carbocycles. The van der Waals surface area contributed by atoms with E-state index in [4.69, 9.17) is 5.73 Å². The number of para-hydroxylation sites is 2. The highest BCUT2D eigenvalue weighted by molar-refractivity contribution is 14.0. The first-order chi connectivity index (χ1) is 14.3. The number of amides is 1. The Labute approximate surface area is 195 Å². The van der Waals surface area contributed by atoms with Crippen LogP contribution in [-0.4, -0.2) is 18.2 Å². The molecule has 0 heterocycles. The molecule has 0 saturated heterocycles. The maximum Gasteiger partial charge on any atom is 0.573 e. The lowest BCUT2D eigenvalue weighted by Crippen LogP contribution is -2.24. The lowest BCUT2D eigenvalue weighted by molar-refractivity contribution is -0.274. The third-order valence-electron chi connectivity index (χ3n) is 4.73. The normalized spacial score (nSPS) is 14.6. The Hall–Kier alpha value is -2.50. The van der Waals surface area contributed by atoms with E-state index in [0.717, 1.165) is 31.2 Å². The fraction of sp³-hybridized carbons (Fsp3) is 0.333. The minimum atomic E-state index is -4.81. The van der Waals surface area contributed by atoms with Gasteiger partial charge in [0.2, 0.25) is 5.91 Å². The number of carbonyl (C=O) groups is 1. The summed E-state index contributed by atoms with van der Waals surface area (Å²) in [6.07, 6.45) is -0.825. The summed E-state index contributed by atoms with van der Waals surface area (Å²) in [6, 6.07) is 12.8. The molecular weight excluding hydrogens is 524 g/mol. The molecule has 10 heteroatoms. The summed E-state index contributed by atoms with van der Waals surface area (Å²) in [7, 11) is 0. The third-order valence-corrected chi connectivity index (χ3v) is 4.73. The van der Waals surface area contributed by atoms with Crippen LogP contribution >= 0.6 is 24.0 Å². The number of anilines is 2. The maximum atomic E-state index is 12.5. The molecule has 31 heavy (non-hydrogen) atoms. The minimum absolute atomic E-state index is 0. The molecule has 0 atom stereocenters. The zero-order valence-electron chi connectivity index (χ0n) is 16.6. The van der Waals surface area contributed by atoms with E-state index in [9.17, 15) is 18.0 Å². The predicted molar refractivity (Wildman–Crippen MR) is 125 cm³/mol. The molecule has 2 aromatic rings. The number of guanidine groups is 1. The molecule has 0 unspecified atom stereocenters. The number of aliphatic imine (C=N–C) groups is 1. The summed E-state index contributed by atoms with van der Waals surface area (Å²) >= 11 is 0. The molecule has 4 N–H and O–H groups in total. The van der Waals surface area contributed by atoms with E-state index in [1.807, 2.05) is 6.07 Å². The van der Waals surface area contributed by atoms with Crippen molar-refractivity contribution in [1.29, 1.82) is 0 Å². The zero-order valence-corrected chi connectivity index (χ0v) is 18.9. The molecule has 1 amide bonds. The molecule has 0 radical (unpaired) electrons. The monoisotopic (exact) mass is 548 g/mol. The van der Waals surface area contributed by atoms with Crippen molar-refractivity contribution in [2.24, 2.45) is 16.6 Å². The average molecular weight is 548 g/mol. The number of rotatable bonds is 6. The molecule has 6 nitrogen and oxygen atoms in total. The topological polar surface area (TPSA) is 88.7 Å². The fourth-order valence-corrected chi connectivity index (χ4v) is 3.32. The van der Waals surface area contributed by atoms with E-state index < -0.39 is 12.1 Å². The van der Waals surface area contributed by atoms with Gasteiger partial charge in [0.15, 0.2) is 11.7 Å². The number of alkyl halides is 3. The number of hydrogen-bond acceptors (Lipinski definition) is 3. The summed E-state index contributed by atoms with van der Waals surface area (Å²) in [5.41, 5.74) is 7.34. The van der Waals surface area contributed by atoms with Gasteiger partial charge in [-0.3, -0.25) is 4.79 Å². The van der Waals surface area contributed by atoms with Crippen molar-refractivity contribution in [3.8, 4) is 5.75 Å². The number of ether oxygens (including phenoxy) is 1. The number of nitrogens with one attached hydrogen (secondary N) is 2. The molecule has 0 spiro atoms. The third kappa shape index (κ3) is 7.93. The summed E-state index contributed by atoms with van der Waals surface area (Å²) in [5.74, 6) is -0.380. The van der Waals surface area contributed by atoms with Crippen LogP contribution in [-0.2, 0) is 11.3 Å². The standard InChI is InChI=1S/C21H23F3N4O2.HI/c22-21(23,24)30-18-11-4-3-10-17(18)28-20(25)26-13-14-6-5-9-16(12-14)27-19(29)15-7-1-2-8-15;/h3-6,9-12,15H,1-2,7-8,13H2,(H,27,29)(H3,25,26,28);1H. The molecular formula is C21H24F3IN4O2. The number of halogens is 4. The van der Waals surface area contributed by atoms with Crippen LogP contribution in [0.15, 0.2) is 53.5 Å². The molecule has 168 valence electrons. The number of hydrogen-bond donors (Lipinski definition) is 3. The molecule has 0 aromatic heterocycles. The van der Waals surface area contributed by atoms with Crippen molar-refractivity contribution in [2.75, 3.05) is 10.6 Å². The molecule has 1 aliphatic rings. The summed E-state index contributed by atoms with van der Waals surface area (Å²) in [6.45, 7) is 0.189. The second kappa shape index (κ2) is 11.2. The first-order valence-corrected chi connectivity index (χ1v) is 9.62. The fourth-order valence-electron chi connectivity index (χ4n) is 3.32. The Balaban J connectivity index is 0.00000341. The van der Waals surface area contributed by atoms with Gasteiger partial charge in [0.1, 0.15) is 0 Å². The average Bonchev–Trinajstić information content (AvgIpc) is 3.22. The van der Waals surface area contributed by atoms with E-state index >= 15 is 0 Å². The van der Waals surface area contributed by atoms with E-state index in [-0.39, 0.29) is 54.0 Å². The van der Waals surface area contributed by atoms with Crippen LogP contribution in [0.3, 0.4) is 0 Å². The molecule has 3 rings (SSSR count). The smallest absolute Gasteiger partial charge is 0.404 e. The van der Waals surface area contributed by atoms with Gasteiger partial charge in [-0.1, -0.05) is 37.1 Å². The highest BCUT2D eigenvalue weighted by Crippen LogP contribution is 2.30. The van der Waals surface area contributed by atoms with Crippen LogP contribution in [0.5, 0.6) is 5.75 Å². The minimum Gasteiger partial charge on any atom is -0.404 e. The van der Waals surface area contributed by atoms with Gasteiger partial charge in [-0.2, -0.15) is 0 Å². The quantitative estimate of drug-likeness (QED) is 0.261. The van der Waals surface area contributed by atoms with Crippen LogP contribution in [0.1, 0.15) is 31.2 Å². The van der Waals surface area contributed by atoms with E-state index in [0.29, 0.717) is 5.69 Å². The molecule has 2 aromatic carbocycles. The van der Waals surface area contributed by atoms with E-state index in [1.54, 1.807) is 24.3 Å². The van der Waals surface area contributed by atoms with Gasteiger partial charge in [0.05, 0.1) is 12.2 Å². The molecule has 1 aliphatic carbocycles. The Bertz CT molecular complexity index is 915. The lowest BCUT2D eigenvalue weighted by atomic mass is 10.1. The SMILES string of the molecule is I.NC(=NCc1cccc(NC(=O)C2CCCC2)c1)Nc1ccccc1OC(F)(F)F. The number of nitrogens with zero attached hydrogens (tertiary/aromatic N) is 1. The van der Waals surface area contributed by atoms with Gasteiger partial charge < -0.3 is 21.1 Å². The highest BCUT2D eigenvalue weighted by atomic mass is 127. The van der Waals surface area contributed by atoms with Crippen molar-refractivity contribution in [2.45, 2.75) is 38.6 Å². The van der Waals surface area contributed by atoms with Gasteiger partial charge in [-0.25, -0.2) is 4.99 Å². The van der Waals surface area contributed by atoms with Crippen LogP contribution in [0.2, 0.25) is 0 Å². The second-order valence-corrected chi connectivity index (χ2v) is 7.04. The zero-order chi connectivity index (χ0) is 21.6. The Morgan fingerprint density at radius 1 is 1.10 bits per heavy atom. The Morgan fingerprint density at radius 3 is 2.52 bits per heavy atom. The van der Waals surface area contributed by atoms with Crippen molar-refractivity contribution >= 4 is 47.2 Å². The van der Waals surface area contributed by atoms with Crippen molar-refractivity contribution in [1.82, 2.24) is 0 Å². The number of nitrogens with two attached hydrogens (primary N) is 1. The first kappa shape index (κ1) is 24.8. The Kier molecular flexibility index (Phi) is 8.96. The molecule has 1 fully saturated rings. The number of benzene rings is 2. The maximum absolute atomic E-state index is 12.5. The van der Waals surface area contributed by atoms with Gasteiger partial charge in [-0.05, 0) is 42.7 Å². The second-order valence-electron chi connectivity index (χ2n) is 7.04. The summed E-state index contributed by atoms with van der Waals surface area (Å²) in [4.78, 5) is 16.4. The van der Waals surface area contributed by atoms with Crippen LogP contribution in [0.25, 0.3) is 0 Å². The predicted octanol–water partition coefficient (Wildman–Crippen LogP) is 5.26. The van der Waals surface area contributed by atoms with Crippen LogP contribution in [0.4, 0.5) is 24.5 Å². The van der Waals surface area contributed by atoms with E-state index in [2.05, 4.69) is 20.4 Å². The van der Waals surface area contributed by atoms with E-state index in [1.165, 1.54) is 18.2 Å².